The number of methoxy groups -OCH3 is 1. The van der Waals surface area contributed by atoms with Gasteiger partial charge in [0.05, 0.1) is 13.2 Å². The van der Waals surface area contributed by atoms with Crippen molar-refractivity contribution in [2.24, 2.45) is 23.5 Å². The average Bonchev–Trinajstić information content (AvgIpc) is 2.87. The van der Waals surface area contributed by atoms with Crippen LogP contribution in [0, 0.1) is 17.8 Å². The Hall–Kier alpha value is -0.940. The van der Waals surface area contributed by atoms with Crippen LogP contribution in [0.2, 0.25) is 0 Å². The second-order valence-electron chi connectivity index (χ2n) is 7.49. The smallest absolute Gasteiger partial charge is 0.146 e. The van der Waals surface area contributed by atoms with Gasteiger partial charge in [-0.2, -0.15) is 0 Å². The molecule has 116 valence electrons. The molecule has 0 atom stereocenters. The largest absolute Gasteiger partial charge is 0.383 e. The van der Waals surface area contributed by atoms with Crippen molar-refractivity contribution in [2.45, 2.75) is 57.0 Å². The van der Waals surface area contributed by atoms with Gasteiger partial charge in [-0.05, 0) is 56.3 Å². The van der Waals surface area contributed by atoms with Gasteiger partial charge in [0.2, 0.25) is 0 Å². The van der Waals surface area contributed by atoms with Crippen LogP contribution in [0.4, 0.5) is 0 Å². The molecule has 4 saturated carbocycles. The summed E-state index contributed by atoms with van der Waals surface area (Å²) in [4.78, 5) is 0. The van der Waals surface area contributed by atoms with Crippen molar-refractivity contribution in [1.82, 2.24) is 14.8 Å². The van der Waals surface area contributed by atoms with E-state index in [1.165, 1.54) is 44.3 Å². The minimum absolute atomic E-state index is 0.281. The first-order chi connectivity index (χ1) is 10.2. The van der Waals surface area contributed by atoms with E-state index < -0.39 is 0 Å². The molecule has 0 amide bonds. The maximum atomic E-state index is 5.86. The van der Waals surface area contributed by atoms with Gasteiger partial charge in [-0.3, -0.25) is 0 Å². The molecule has 2 N–H and O–H groups in total. The van der Waals surface area contributed by atoms with Gasteiger partial charge in [0.1, 0.15) is 11.6 Å². The van der Waals surface area contributed by atoms with E-state index in [1.54, 1.807) is 7.11 Å². The quantitative estimate of drug-likeness (QED) is 0.899. The van der Waals surface area contributed by atoms with Crippen molar-refractivity contribution in [3.05, 3.63) is 11.6 Å². The summed E-state index contributed by atoms with van der Waals surface area (Å²) in [6.45, 7) is 1.99. The van der Waals surface area contributed by atoms with Crippen LogP contribution in [0.25, 0.3) is 0 Å². The number of ether oxygens (including phenoxy) is 1. The first-order valence-corrected chi connectivity index (χ1v) is 8.35. The summed E-state index contributed by atoms with van der Waals surface area (Å²) in [6.07, 6.45) is 8.30. The normalized spacial score (nSPS) is 37.3. The number of hydrogen-bond donors (Lipinski definition) is 1. The highest BCUT2D eigenvalue weighted by Crippen LogP contribution is 2.60. The van der Waals surface area contributed by atoms with E-state index in [9.17, 15) is 0 Å². The van der Waals surface area contributed by atoms with E-state index in [-0.39, 0.29) is 5.41 Å². The molecular formula is C16H26N4O. The van der Waals surface area contributed by atoms with Crippen LogP contribution in [0.3, 0.4) is 0 Å². The molecule has 0 aliphatic heterocycles. The zero-order chi connectivity index (χ0) is 14.4. The fraction of sp³-hybridized carbons (Fsp3) is 0.875. The Morgan fingerprint density at radius 2 is 1.76 bits per heavy atom. The summed E-state index contributed by atoms with van der Waals surface area (Å²) >= 11 is 0. The number of nitrogens with two attached hydrogens (primary N) is 1. The topological polar surface area (TPSA) is 66.0 Å². The van der Waals surface area contributed by atoms with Crippen LogP contribution in [-0.2, 0) is 23.2 Å². The van der Waals surface area contributed by atoms with Crippen LogP contribution >= 0.6 is 0 Å². The lowest BCUT2D eigenvalue weighted by Crippen LogP contribution is -2.50. The third kappa shape index (κ3) is 2.13. The maximum Gasteiger partial charge on any atom is 0.146 e. The maximum absolute atomic E-state index is 5.86. The molecule has 5 rings (SSSR count). The Bertz CT molecular complexity index is 489. The summed E-state index contributed by atoms with van der Waals surface area (Å²) in [6, 6.07) is 0. The molecule has 21 heavy (non-hydrogen) atoms. The molecule has 0 saturated heterocycles. The van der Waals surface area contributed by atoms with E-state index in [1.807, 2.05) is 0 Å². The van der Waals surface area contributed by atoms with Crippen molar-refractivity contribution >= 4 is 0 Å². The second-order valence-corrected chi connectivity index (χ2v) is 7.49. The Morgan fingerprint density at radius 1 is 1.14 bits per heavy atom. The van der Waals surface area contributed by atoms with Gasteiger partial charge < -0.3 is 15.0 Å². The molecule has 0 unspecified atom stereocenters. The van der Waals surface area contributed by atoms with Crippen molar-refractivity contribution in [1.29, 1.82) is 0 Å². The van der Waals surface area contributed by atoms with E-state index in [0.717, 1.165) is 30.1 Å². The monoisotopic (exact) mass is 290 g/mol. The predicted octanol–water partition coefficient (Wildman–Crippen LogP) is 1.85. The van der Waals surface area contributed by atoms with Crippen LogP contribution in [0.5, 0.6) is 0 Å². The Labute approximate surface area is 126 Å². The molecule has 0 spiro atoms. The van der Waals surface area contributed by atoms with Gasteiger partial charge in [-0.1, -0.05) is 0 Å². The molecule has 4 aliphatic carbocycles. The predicted molar refractivity (Wildman–Crippen MR) is 79.6 cm³/mol. The fourth-order valence-corrected chi connectivity index (χ4v) is 5.68. The Morgan fingerprint density at radius 3 is 2.29 bits per heavy atom. The molecule has 0 radical (unpaired) electrons. The lowest BCUT2D eigenvalue weighted by Gasteiger charge is -2.56. The third-order valence-electron chi connectivity index (χ3n) is 6.04. The molecular weight excluding hydrogens is 264 g/mol. The van der Waals surface area contributed by atoms with Gasteiger partial charge in [0, 0.05) is 19.1 Å². The van der Waals surface area contributed by atoms with E-state index in [2.05, 4.69) is 14.8 Å². The lowest BCUT2D eigenvalue weighted by molar-refractivity contribution is -0.0116. The van der Waals surface area contributed by atoms with Gasteiger partial charge in [-0.15, -0.1) is 10.2 Å². The van der Waals surface area contributed by atoms with Gasteiger partial charge in [0.15, 0.2) is 0 Å². The summed E-state index contributed by atoms with van der Waals surface area (Å²) in [5.41, 5.74) is 6.14. The molecule has 5 nitrogen and oxygen atoms in total. The van der Waals surface area contributed by atoms with E-state index in [4.69, 9.17) is 10.5 Å². The fourth-order valence-electron chi connectivity index (χ4n) is 5.68. The first kappa shape index (κ1) is 13.7. The molecule has 4 aliphatic rings. The van der Waals surface area contributed by atoms with Crippen molar-refractivity contribution in [3.63, 3.8) is 0 Å². The molecule has 1 heterocycles. The minimum Gasteiger partial charge on any atom is -0.383 e. The minimum atomic E-state index is 0.281. The summed E-state index contributed by atoms with van der Waals surface area (Å²) in [7, 11) is 1.75. The molecule has 4 bridgehead atoms. The highest BCUT2D eigenvalue weighted by Gasteiger charge is 2.53. The standard InChI is InChI=1S/C16H26N4O/c1-21-3-2-20-14(10-17)18-19-15(20)16-7-11-4-12(8-16)6-13(5-11)9-16/h11-13H,2-10,17H2,1H3. The first-order valence-electron chi connectivity index (χ1n) is 8.35. The van der Waals surface area contributed by atoms with Crippen molar-refractivity contribution < 1.29 is 4.74 Å². The van der Waals surface area contributed by atoms with Crippen LogP contribution in [0.15, 0.2) is 0 Å². The van der Waals surface area contributed by atoms with E-state index >= 15 is 0 Å². The SMILES string of the molecule is COCCn1c(CN)nnc1C12CC3CC(CC(C3)C1)C2. The van der Waals surface area contributed by atoms with Gasteiger partial charge in [-0.25, -0.2) is 0 Å². The van der Waals surface area contributed by atoms with Crippen LogP contribution < -0.4 is 5.73 Å². The molecule has 1 aromatic rings. The average molecular weight is 290 g/mol. The number of aromatic nitrogens is 3. The highest BCUT2D eigenvalue weighted by atomic mass is 16.5. The molecule has 5 heteroatoms. The summed E-state index contributed by atoms with van der Waals surface area (Å²) in [5, 5.41) is 8.98. The van der Waals surface area contributed by atoms with Gasteiger partial charge >= 0.3 is 0 Å². The third-order valence-corrected chi connectivity index (χ3v) is 6.04. The lowest BCUT2D eigenvalue weighted by atomic mass is 9.49. The van der Waals surface area contributed by atoms with Crippen molar-refractivity contribution in [2.75, 3.05) is 13.7 Å². The number of rotatable bonds is 5. The molecule has 1 aromatic heterocycles. The summed E-state index contributed by atoms with van der Waals surface area (Å²) < 4.78 is 7.53. The zero-order valence-corrected chi connectivity index (χ0v) is 12.9. The number of hydrogen-bond acceptors (Lipinski definition) is 4. The summed E-state index contributed by atoms with van der Waals surface area (Å²) in [5.74, 6) is 4.89. The van der Waals surface area contributed by atoms with Crippen molar-refractivity contribution in [3.8, 4) is 0 Å². The van der Waals surface area contributed by atoms with Crippen LogP contribution in [-0.4, -0.2) is 28.5 Å². The van der Waals surface area contributed by atoms with Gasteiger partial charge in [0.25, 0.3) is 0 Å². The zero-order valence-electron chi connectivity index (χ0n) is 12.9. The second kappa shape index (κ2) is 5.06. The molecule has 4 fully saturated rings. The highest BCUT2D eigenvalue weighted by molar-refractivity contribution is 5.19. The Kier molecular flexibility index (Phi) is 3.30. The van der Waals surface area contributed by atoms with E-state index in [0.29, 0.717) is 13.2 Å². The Balaban J connectivity index is 1.71. The molecule has 0 aromatic carbocycles. The number of nitrogens with zero attached hydrogens (tertiary/aromatic N) is 3. The van der Waals surface area contributed by atoms with Crippen LogP contribution in [0.1, 0.15) is 50.2 Å².